The first-order valence-corrected chi connectivity index (χ1v) is 12.0. The summed E-state index contributed by atoms with van der Waals surface area (Å²) in [5, 5.41) is -0.375. The molecule has 2 atom stereocenters. The maximum Gasteiger partial charge on any atom is 0.292 e. The molecule has 160 valence electrons. The summed E-state index contributed by atoms with van der Waals surface area (Å²) in [5.74, 6) is 0.597. The van der Waals surface area contributed by atoms with Gasteiger partial charge in [-0.05, 0) is 60.0 Å². The molecule has 0 radical (unpaired) electrons. The van der Waals surface area contributed by atoms with Gasteiger partial charge in [0.05, 0.1) is 16.7 Å². The van der Waals surface area contributed by atoms with Gasteiger partial charge in [0, 0.05) is 11.3 Å². The average Bonchev–Trinajstić information content (AvgIpc) is 2.81. The van der Waals surface area contributed by atoms with Crippen LogP contribution in [0, 0.1) is 0 Å². The van der Waals surface area contributed by atoms with Gasteiger partial charge in [-0.1, -0.05) is 54.6 Å². The minimum Gasteiger partial charge on any atom is -0.438 e. The first-order valence-electron chi connectivity index (χ1n) is 10.3. The first kappa shape index (κ1) is 20.2. The molecule has 2 unspecified atom stereocenters. The molecule has 0 amide bonds. The molecule has 0 saturated carbocycles. The number of anilines is 3. The molecule has 5 nitrogen and oxygen atoms in total. The topological polar surface area (TPSA) is 104 Å². The number of para-hydroxylation sites is 1. The quantitative estimate of drug-likeness (QED) is 0.293. The van der Waals surface area contributed by atoms with E-state index in [2.05, 4.69) is 0 Å². The van der Waals surface area contributed by atoms with E-state index in [0.717, 1.165) is 22.3 Å². The van der Waals surface area contributed by atoms with Crippen LogP contribution in [0.3, 0.4) is 0 Å². The largest absolute Gasteiger partial charge is 0.438 e. The highest BCUT2D eigenvalue weighted by atomic mass is 31.2. The van der Waals surface area contributed by atoms with Crippen LogP contribution >= 0.6 is 7.37 Å². The monoisotopic (exact) mass is 441 g/mol. The number of fused-ring (bicyclic) bond motifs is 3. The van der Waals surface area contributed by atoms with Crippen LogP contribution < -0.4 is 27.0 Å². The molecule has 4 aromatic carbocycles. The molecule has 0 saturated heterocycles. The van der Waals surface area contributed by atoms with Crippen molar-refractivity contribution >= 4 is 29.7 Å². The van der Waals surface area contributed by atoms with Gasteiger partial charge < -0.3 is 21.7 Å². The van der Waals surface area contributed by atoms with Crippen molar-refractivity contribution in [3.8, 4) is 16.9 Å². The Morgan fingerprint density at radius 1 is 0.719 bits per heavy atom. The normalized spacial score (nSPS) is 18.7. The lowest BCUT2D eigenvalue weighted by Crippen LogP contribution is -2.34. The SMILES string of the molecule is CC(c1ccc(N)cc1)(c1ccc(N)c(N)c1)P1(=O)Oc2ccccc2-c2ccccc21. The number of hydrogen-bond acceptors (Lipinski definition) is 5. The molecule has 0 fully saturated rings. The number of benzene rings is 4. The Balaban J connectivity index is 1.85. The van der Waals surface area contributed by atoms with E-state index in [0.29, 0.717) is 28.1 Å². The van der Waals surface area contributed by atoms with Gasteiger partial charge in [0.2, 0.25) is 0 Å². The van der Waals surface area contributed by atoms with Crippen molar-refractivity contribution in [1.29, 1.82) is 0 Å². The smallest absolute Gasteiger partial charge is 0.292 e. The van der Waals surface area contributed by atoms with Crippen molar-refractivity contribution < 1.29 is 9.09 Å². The van der Waals surface area contributed by atoms with E-state index >= 15 is 4.57 Å². The third kappa shape index (κ3) is 2.82. The van der Waals surface area contributed by atoms with Crippen molar-refractivity contribution in [1.82, 2.24) is 0 Å². The second kappa shape index (κ2) is 7.18. The lowest BCUT2D eigenvalue weighted by atomic mass is 9.91. The van der Waals surface area contributed by atoms with Crippen molar-refractivity contribution in [3.05, 3.63) is 102 Å². The Kier molecular flexibility index (Phi) is 4.54. The van der Waals surface area contributed by atoms with E-state index in [9.17, 15) is 0 Å². The van der Waals surface area contributed by atoms with E-state index in [4.69, 9.17) is 21.7 Å². The lowest BCUT2D eigenvalue weighted by Gasteiger charge is -2.41. The predicted molar refractivity (Wildman–Crippen MR) is 132 cm³/mol. The number of nitrogens with two attached hydrogens (primary N) is 3. The molecule has 0 bridgehead atoms. The Morgan fingerprint density at radius 3 is 2.06 bits per heavy atom. The lowest BCUT2D eigenvalue weighted by molar-refractivity contribution is 0.463. The van der Waals surface area contributed by atoms with Gasteiger partial charge in [-0.25, -0.2) is 0 Å². The van der Waals surface area contributed by atoms with Crippen LogP contribution in [-0.4, -0.2) is 0 Å². The molecule has 1 heterocycles. The maximum atomic E-state index is 15.2. The van der Waals surface area contributed by atoms with Gasteiger partial charge in [-0.15, -0.1) is 0 Å². The van der Waals surface area contributed by atoms with E-state index in [1.807, 2.05) is 85.8 Å². The summed E-state index contributed by atoms with van der Waals surface area (Å²) >= 11 is 0. The highest BCUT2D eigenvalue weighted by molar-refractivity contribution is 7.69. The Hall–Kier alpha value is -3.69. The van der Waals surface area contributed by atoms with Gasteiger partial charge in [-0.3, -0.25) is 4.57 Å². The minimum absolute atomic E-state index is 0.432. The van der Waals surface area contributed by atoms with Gasteiger partial charge >= 0.3 is 0 Å². The molecule has 32 heavy (non-hydrogen) atoms. The third-order valence-electron chi connectivity index (χ3n) is 6.34. The standard InChI is InChI=1S/C26H24N3O2P/c1-26(17-10-13-19(27)14-11-17,18-12-15-22(28)23(29)16-18)32(30)25-9-5-3-7-21(25)20-6-2-4-8-24(20)31-32/h2-16H,27-29H2,1H3. The van der Waals surface area contributed by atoms with Crippen LogP contribution in [0.5, 0.6) is 5.75 Å². The van der Waals surface area contributed by atoms with Crippen LogP contribution in [0.2, 0.25) is 0 Å². The van der Waals surface area contributed by atoms with Crippen molar-refractivity contribution in [2.45, 2.75) is 12.1 Å². The second-order valence-corrected chi connectivity index (χ2v) is 10.9. The fourth-order valence-electron chi connectivity index (χ4n) is 4.44. The fraction of sp³-hybridized carbons (Fsp3) is 0.0769. The second-order valence-electron chi connectivity index (χ2n) is 8.19. The summed E-state index contributed by atoms with van der Waals surface area (Å²) in [6.45, 7) is 1.94. The molecule has 0 aromatic heterocycles. The Bertz CT molecular complexity index is 1380. The highest BCUT2D eigenvalue weighted by Crippen LogP contribution is 2.69. The Morgan fingerprint density at radius 2 is 1.34 bits per heavy atom. The summed E-state index contributed by atoms with van der Waals surface area (Å²) in [6.07, 6.45) is 0. The molecular weight excluding hydrogens is 417 g/mol. The number of rotatable bonds is 3. The van der Waals surface area contributed by atoms with E-state index in [1.54, 1.807) is 12.1 Å². The molecule has 6 heteroatoms. The minimum atomic E-state index is -3.59. The van der Waals surface area contributed by atoms with Crippen LogP contribution in [-0.2, 0) is 9.72 Å². The van der Waals surface area contributed by atoms with Crippen LogP contribution in [0.15, 0.2) is 91.0 Å². The molecule has 1 aliphatic rings. The van der Waals surface area contributed by atoms with Gasteiger partial charge in [0.15, 0.2) is 0 Å². The summed E-state index contributed by atoms with van der Waals surface area (Å²) in [6, 6.07) is 28.2. The summed E-state index contributed by atoms with van der Waals surface area (Å²) in [5.41, 5.74) is 23.1. The highest BCUT2D eigenvalue weighted by Gasteiger charge is 2.53. The van der Waals surface area contributed by atoms with Gasteiger partial charge in [-0.2, -0.15) is 0 Å². The molecular formula is C26H24N3O2P. The van der Waals surface area contributed by atoms with Crippen LogP contribution in [0.4, 0.5) is 17.1 Å². The van der Waals surface area contributed by atoms with Crippen molar-refractivity contribution in [2.75, 3.05) is 17.2 Å². The van der Waals surface area contributed by atoms with E-state index < -0.39 is 12.5 Å². The average molecular weight is 441 g/mol. The molecule has 6 N–H and O–H groups in total. The van der Waals surface area contributed by atoms with Crippen molar-refractivity contribution in [2.24, 2.45) is 0 Å². The van der Waals surface area contributed by atoms with Crippen LogP contribution in [0.1, 0.15) is 18.1 Å². The van der Waals surface area contributed by atoms with Gasteiger partial charge in [0.25, 0.3) is 7.37 Å². The van der Waals surface area contributed by atoms with E-state index in [1.165, 1.54) is 0 Å². The predicted octanol–water partition coefficient (Wildman–Crippen LogP) is 5.36. The molecule has 5 rings (SSSR count). The Labute approximate surface area is 187 Å². The number of hydrogen-bond donors (Lipinski definition) is 3. The molecule has 0 spiro atoms. The summed E-state index contributed by atoms with van der Waals surface area (Å²) in [7, 11) is -3.59. The van der Waals surface area contributed by atoms with Crippen molar-refractivity contribution in [3.63, 3.8) is 0 Å². The zero-order valence-corrected chi connectivity index (χ0v) is 18.6. The third-order valence-corrected chi connectivity index (χ3v) is 9.51. The molecule has 4 aromatic rings. The fourth-order valence-corrected chi connectivity index (χ4v) is 7.40. The summed E-state index contributed by atoms with van der Waals surface area (Å²) < 4.78 is 21.7. The zero-order valence-electron chi connectivity index (χ0n) is 17.7. The van der Waals surface area contributed by atoms with Gasteiger partial charge in [0.1, 0.15) is 10.9 Å². The maximum absolute atomic E-state index is 15.2. The first-order chi connectivity index (χ1) is 15.3. The number of nitrogen functional groups attached to an aromatic ring is 3. The molecule has 0 aliphatic carbocycles. The summed E-state index contributed by atoms with van der Waals surface area (Å²) in [4.78, 5) is 0. The molecule has 1 aliphatic heterocycles. The van der Waals surface area contributed by atoms with Crippen LogP contribution in [0.25, 0.3) is 11.1 Å². The van der Waals surface area contributed by atoms with E-state index in [-0.39, 0.29) is 0 Å². The zero-order chi connectivity index (χ0) is 22.5.